The quantitative estimate of drug-likeness (QED) is 0.787. The second-order valence-electron chi connectivity index (χ2n) is 5.92. The molecule has 1 aromatic heterocycles. The number of allylic oxidation sites excluding steroid dienone is 2. The Morgan fingerprint density at radius 2 is 2.00 bits per heavy atom. The molecule has 3 rings (SSSR count). The highest BCUT2D eigenvalue weighted by molar-refractivity contribution is 5.24. The lowest BCUT2D eigenvalue weighted by Crippen LogP contribution is -2.31. The average molecular weight is 260 g/mol. The number of hydrogen-bond acceptors (Lipinski definition) is 3. The molecule has 1 aromatic rings. The van der Waals surface area contributed by atoms with Crippen LogP contribution < -0.4 is 5.63 Å². The molecule has 0 aliphatic heterocycles. The van der Waals surface area contributed by atoms with Gasteiger partial charge in [0.05, 0.1) is 6.07 Å². The summed E-state index contributed by atoms with van der Waals surface area (Å²) < 4.78 is 5.37. The van der Waals surface area contributed by atoms with Crippen molar-refractivity contribution in [3.63, 3.8) is 0 Å². The zero-order valence-corrected chi connectivity index (χ0v) is 11.2. The third-order valence-corrected chi connectivity index (χ3v) is 4.67. The van der Waals surface area contributed by atoms with Crippen molar-refractivity contribution < 1.29 is 9.52 Å². The van der Waals surface area contributed by atoms with Gasteiger partial charge in [-0.2, -0.15) is 0 Å². The van der Waals surface area contributed by atoms with E-state index in [4.69, 9.17) is 4.42 Å². The van der Waals surface area contributed by atoms with Crippen molar-refractivity contribution in [3.05, 3.63) is 40.5 Å². The maximum Gasteiger partial charge on any atom is 0.339 e. The summed E-state index contributed by atoms with van der Waals surface area (Å²) in [5.41, 5.74) is -0.455. The van der Waals surface area contributed by atoms with Gasteiger partial charge in [-0.15, -0.1) is 0 Å². The molecule has 2 aliphatic carbocycles. The maximum atomic E-state index is 11.5. The molecule has 0 unspecified atom stereocenters. The second kappa shape index (κ2) is 4.87. The molecule has 0 aromatic carbocycles. The molecule has 2 aliphatic rings. The number of hydrogen-bond donors (Lipinski definition) is 1. The van der Waals surface area contributed by atoms with E-state index < -0.39 is 5.63 Å². The van der Waals surface area contributed by atoms with E-state index in [0.29, 0.717) is 23.5 Å². The van der Waals surface area contributed by atoms with Gasteiger partial charge >= 0.3 is 5.63 Å². The third kappa shape index (κ3) is 2.34. The summed E-state index contributed by atoms with van der Waals surface area (Å²) in [5.74, 6) is 2.37. The lowest BCUT2D eigenvalue weighted by Gasteiger charge is -2.40. The Labute approximate surface area is 113 Å². The number of fused-ring (bicyclic) bond motifs is 1. The lowest BCUT2D eigenvalue weighted by atomic mass is 9.64. The molecule has 3 heteroatoms. The van der Waals surface area contributed by atoms with Crippen molar-refractivity contribution in [1.82, 2.24) is 0 Å². The molecule has 1 N–H and O–H groups in total. The van der Waals surface area contributed by atoms with E-state index in [-0.39, 0.29) is 11.7 Å². The van der Waals surface area contributed by atoms with Gasteiger partial charge in [-0.05, 0) is 30.6 Å². The summed E-state index contributed by atoms with van der Waals surface area (Å²) in [7, 11) is 0. The first-order valence-electron chi connectivity index (χ1n) is 7.17. The van der Waals surface area contributed by atoms with Gasteiger partial charge in [0.25, 0.3) is 0 Å². The van der Waals surface area contributed by atoms with Crippen LogP contribution in [-0.4, -0.2) is 5.11 Å². The third-order valence-electron chi connectivity index (χ3n) is 4.67. The molecule has 0 radical (unpaired) electrons. The Morgan fingerprint density at radius 3 is 2.79 bits per heavy atom. The van der Waals surface area contributed by atoms with Crippen LogP contribution >= 0.6 is 0 Å². The molecule has 102 valence electrons. The van der Waals surface area contributed by atoms with Crippen molar-refractivity contribution in [3.8, 4) is 5.75 Å². The van der Waals surface area contributed by atoms with E-state index >= 15 is 0 Å². The van der Waals surface area contributed by atoms with Gasteiger partial charge in [-0.3, -0.25) is 0 Å². The summed E-state index contributed by atoms with van der Waals surface area (Å²) in [4.78, 5) is 11.5. The Kier molecular flexibility index (Phi) is 3.21. The van der Waals surface area contributed by atoms with Crippen LogP contribution in [-0.2, 0) is 0 Å². The standard InChI is InChI=1S/C16H20O3/c1-10-6-7-11-4-2-3-5-13(11)16(10)14-8-12(17)9-15(18)19-14/h6-11,13,16-17H,2-5H2,1H3/t10-,11+,13-,16-/m1/s1. The molecular formula is C16H20O3. The van der Waals surface area contributed by atoms with Crippen LogP contribution in [0.5, 0.6) is 5.75 Å². The highest BCUT2D eigenvalue weighted by atomic mass is 16.4. The van der Waals surface area contributed by atoms with Crippen LogP contribution in [0, 0.1) is 17.8 Å². The minimum absolute atomic E-state index is 0.0142. The monoisotopic (exact) mass is 260 g/mol. The Balaban J connectivity index is 2.01. The maximum absolute atomic E-state index is 11.5. The van der Waals surface area contributed by atoms with Crippen molar-refractivity contribution >= 4 is 0 Å². The van der Waals surface area contributed by atoms with Gasteiger partial charge in [0.15, 0.2) is 0 Å². The number of aromatic hydroxyl groups is 1. The fraction of sp³-hybridized carbons (Fsp3) is 0.562. The fourth-order valence-corrected chi connectivity index (χ4v) is 3.82. The van der Waals surface area contributed by atoms with E-state index in [1.54, 1.807) is 6.07 Å². The molecule has 1 saturated carbocycles. The highest BCUT2D eigenvalue weighted by Crippen LogP contribution is 2.47. The Hall–Kier alpha value is -1.51. The predicted octanol–water partition coefficient (Wildman–Crippen LogP) is 3.44. The van der Waals surface area contributed by atoms with Crippen molar-refractivity contribution in [1.29, 1.82) is 0 Å². The normalized spacial score (nSPS) is 33.9. The Bertz CT molecular complexity index is 543. The second-order valence-corrected chi connectivity index (χ2v) is 5.92. The van der Waals surface area contributed by atoms with Gasteiger partial charge < -0.3 is 9.52 Å². The fourth-order valence-electron chi connectivity index (χ4n) is 3.82. The van der Waals surface area contributed by atoms with Crippen LogP contribution in [0.4, 0.5) is 0 Å². The summed E-state index contributed by atoms with van der Waals surface area (Å²) in [6, 6.07) is 2.75. The van der Waals surface area contributed by atoms with Crippen LogP contribution in [0.2, 0.25) is 0 Å². The molecule has 0 spiro atoms. The summed E-state index contributed by atoms with van der Waals surface area (Å²) in [5, 5.41) is 9.63. The molecule has 19 heavy (non-hydrogen) atoms. The highest BCUT2D eigenvalue weighted by Gasteiger charge is 2.38. The molecule has 0 amide bonds. The number of rotatable bonds is 1. The predicted molar refractivity (Wildman–Crippen MR) is 73.1 cm³/mol. The van der Waals surface area contributed by atoms with E-state index in [0.717, 1.165) is 6.07 Å². The molecule has 0 bridgehead atoms. The molecule has 3 nitrogen and oxygen atoms in total. The van der Waals surface area contributed by atoms with Crippen molar-refractivity contribution in [2.75, 3.05) is 0 Å². The molecule has 4 atom stereocenters. The first-order chi connectivity index (χ1) is 9.15. The van der Waals surface area contributed by atoms with Gasteiger partial charge in [-0.25, -0.2) is 4.79 Å². The minimum atomic E-state index is -0.455. The van der Waals surface area contributed by atoms with Crippen molar-refractivity contribution in [2.24, 2.45) is 17.8 Å². The van der Waals surface area contributed by atoms with Gasteiger partial charge in [-0.1, -0.05) is 31.9 Å². The van der Waals surface area contributed by atoms with Gasteiger partial charge in [0.2, 0.25) is 0 Å². The van der Waals surface area contributed by atoms with Gasteiger partial charge in [0.1, 0.15) is 11.5 Å². The SMILES string of the molecule is C[C@@H]1C=C[C@@H]2CCCC[C@H]2[C@@H]1c1cc(O)cc(=O)o1. The summed E-state index contributed by atoms with van der Waals surface area (Å²) >= 11 is 0. The lowest BCUT2D eigenvalue weighted by molar-refractivity contribution is 0.179. The summed E-state index contributed by atoms with van der Waals surface area (Å²) in [6.07, 6.45) is 9.53. The van der Waals surface area contributed by atoms with Crippen LogP contribution in [0.25, 0.3) is 0 Å². The van der Waals surface area contributed by atoms with E-state index in [1.165, 1.54) is 25.7 Å². The largest absolute Gasteiger partial charge is 0.508 e. The van der Waals surface area contributed by atoms with Crippen LogP contribution in [0.3, 0.4) is 0 Å². The van der Waals surface area contributed by atoms with E-state index in [1.807, 2.05) is 0 Å². The van der Waals surface area contributed by atoms with Gasteiger partial charge in [0, 0.05) is 12.0 Å². The zero-order chi connectivity index (χ0) is 13.4. The summed E-state index contributed by atoms with van der Waals surface area (Å²) in [6.45, 7) is 2.16. The first kappa shape index (κ1) is 12.5. The molecule has 1 fully saturated rings. The molecule has 0 saturated heterocycles. The van der Waals surface area contributed by atoms with Crippen LogP contribution in [0.15, 0.2) is 33.5 Å². The van der Waals surface area contributed by atoms with E-state index in [9.17, 15) is 9.90 Å². The molecular weight excluding hydrogens is 240 g/mol. The first-order valence-corrected chi connectivity index (χ1v) is 7.17. The smallest absolute Gasteiger partial charge is 0.339 e. The Morgan fingerprint density at radius 1 is 1.21 bits per heavy atom. The topological polar surface area (TPSA) is 50.4 Å². The minimum Gasteiger partial charge on any atom is -0.508 e. The zero-order valence-electron chi connectivity index (χ0n) is 11.2. The molecule has 1 heterocycles. The van der Waals surface area contributed by atoms with E-state index in [2.05, 4.69) is 19.1 Å². The average Bonchev–Trinajstić information content (AvgIpc) is 2.37. The van der Waals surface area contributed by atoms with Crippen LogP contribution in [0.1, 0.15) is 44.3 Å². The van der Waals surface area contributed by atoms with Crippen molar-refractivity contribution in [2.45, 2.75) is 38.5 Å².